The summed E-state index contributed by atoms with van der Waals surface area (Å²) in [5.41, 5.74) is 18.1. The monoisotopic (exact) mass is 1220 g/mol. The Hall–Kier alpha value is -9.84. The summed E-state index contributed by atoms with van der Waals surface area (Å²) in [6.45, 7) is 5.66. The quantitative estimate of drug-likeness (QED) is 0.0106. The fourth-order valence-corrected chi connectivity index (χ4v) is 9.74. The number of para-hydroxylation sites is 1. The molecule has 0 bridgehead atoms. The van der Waals surface area contributed by atoms with Gasteiger partial charge in [-0.1, -0.05) is 74.5 Å². The normalized spacial score (nSPS) is 16.3. The number of hydrogen-bond acceptors (Lipinski definition) is 15. The number of aliphatic hydroxyl groups excluding tert-OH is 2. The first-order chi connectivity index (χ1) is 41.7. The number of aromatic nitrogens is 1. The zero-order chi connectivity index (χ0) is 64.8. The number of β-amino-alcohol motifs (C(OH)–C–C–N with tert-alkyl or cyclic N) is 1. The molecule has 1 aliphatic heterocycles. The Morgan fingerprint density at radius 2 is 1.30 bits per heavy atom. The number of amides is 12. The van der Waals surface area contributed by atoms with Crippen LogP contribution in [0.25, 0.3) is 10.9 Å². The largest absolute Gasteiger partial charge is 0.508 e. The number of nitrogens with two attached hydrogens (primary N) is 2. The number of guanidine groups is 1. The lowest BCUT2D eigenvalue weighted by Crippen LogP contribution is -2.62. The van der Waals surface area contributed by atoms with Crippen LogP contribution in [0.3, 0.4) is 0 Å². The first kappa shape index (κ1) is 68.9. The van der Waals surface area contributed by atoms with Crippen molar-refractivity contribution in [1.82, 2.24) is 68.6 Å². The maximum Gasteiger partial charge on any atom is 0.334 e. The molecule has 1 saturated heterocycles. The Morgan fingerprint density at radius 3 is 1.93 bits per heavy atom. The van der Waals surface area contributed by atoms with Crippen molar-refractivity contribution in [2.75, 3.05) is 20.1 Å². The van der Waals surface area contributed by atoms with Gasteiger partial charge in [-0.3, -0.25) is 58.8 Å². The molecule has 0 spiro atoms. The number of aliphatic hydroxyl groups is 2. The molecule has 5 rings (SSSR count). The van der Waals surface area contributed by atoms with E-state index in [2.05, 4.69) is 63.7 Å². The Labute approximate surface area is 507 Å². The minimum absolute atomic E-state index is 0.00174. The van der Waals surface area contributed by atoms with Crippen LogP contribution < -0.4 is 70.2 Å². The van der Waals surface area contributed by atoms with Crippen molar-refractivity contribution < 1.29 is 68.1 Å². The molecule has 2 heterocycles. The van der Waals surface area contributed by atoms with Crippen molar-refractivity contribution in [2.45, 2.75) is 140 Å². The zero-order valence-electron chi connectivity index (χ0n) is 49.4. The number of H-pyrrole nitrogens is 1. The first-order valence-electron chi connectivity index (χ1n) is 28.5. The van der Waals surface area contributed by atoms with Crippen molar-refractivity contribution >= 4 is 82.0 Å². The molecule has 1 fully saturated rings. The van der Waals surface area contributed by atoms with Crippen LogP contribution in [0.1, 0.15) is 76.5 Å². The number of nitrogens with zero attached hydrogens (tertiary/aromatic N) is 1. The van der Waals surface area contributed by atoms with Crippen LogP contribution in [0.5, 0.6) is 5.75 Å². The van der Waals surface area contributed by atoms with E-state index in [1.165, 1.54) is 38.2 Å². The van der Waals surface area contributed by atoms with Gasteiger partial charge in [0.1, 0.15) is 54.1 Å². The van der Waals surface area contributed by atoms with Gasteiger partial charge in [0.15, 0.2) is 5.96 Å². The van der Waals surface area contributed by atoms with Gasteiger partial charge in [0, 0.05) is 69.8 Å². The lowest BCUT2D eigenvalue weighted by molar-refractivity contribution is -0.142. The number of nitrogens with one attached hydrogen (secondary N) is 13. The van der Waals surface area contributed by atoms with Gasteiger partial charge >= 0.3 is 6.03 Å². The number of benzene rings is 3. The summed E-state index contributed by atoms with van der Waals surface area (Å²) in [6.07, 6.45) is -2.51. The number of aromatic amines is 1. The first-order valence-corrected chi connectivity index (χ1v) is 28.5. The predicted octanol–water partition coefficient (Wildman–Crippen LogP) is -3.20. The molecule has 3 aromatic carbocycles. The molecule has 0 aliphatic carbocycles. The van der Waals surface area contributed by atoms with Crippen LogP contribution in [0, 0.1) is 11.3 Å². The van der Waals surface area contributed by atoms with Gasteiger partial charge in [-0.2, -0.15) is 0 Å². The SMILES string of the molecule is CNC(=N)NCCC[C@H](NC(=O)[C@H](CC(C)C)NC(=O)NNC(=O)[C@@H](Cc1ccccc1)NC(=O)[C@@H](NC(=O)[C@H](CC(N)=O)NC(=O)[C@@H]1C[C@@H](O)CN1C(=O)[C@@H](Cc1ccc(O)cc1)NC(C)=O)[C@@H](C)O)C(=O)N[C@@H](Cc1c[nH]c2ccccc12)C(N)=O. The van der Waals surface area contributed by atoms with E-state index in [-0.39, 0.29) is 75.7 Å². The highest BCUT2D eigenvalue weighted by atomic mass is 16.3. The highest BCUT2D eigenvalue weighted by molar-refractivity contribution is 5.99. The number of urea groups is 1. The van der Waals surface area contributed by atoms with E-state index in [4.69, 9.17) is 16.9 Å². The van der Waals surface area contributed by atoms with Gasteiger partial charge in [-0.25, -0.2) is 10.2 Å². The molecular formula is C58H80N16O14. The molecule has 30 nitrogen and oxygen atoms in total. The Bertz CT molecular complexity index is 3120. The zero-order valence-corrected chi connectivity index (χ0v) is 49.4. The van der Waals surface area contributed by atoms with Gasteiger partial charge in [0.05, 0.1) is 18.6 Å². The fourth-order valence-electron chi connectivity index (χ4n) is 9.74. The number of hydrazine groups is 1. The van der Waals surface area contributed by atoms with E-state index in [1.807, 2.05) is 24.3 Å². The Morgan fingerprint density at radius 1 is 0.682 bits per heavy atom. The number of rotatable bonds is 30. The van der Waals surface area contributed by atoms with Crippen LogP contribution in [-0.4, -0.2) is 177 Å². The van der Waals surface area contributed by atoms with Gasteiger partial charge in [0.2, 0.25) is 53.2 Å². The van der Waals surface area contributed by atoms with Gasteiger partial charge in [-0.15, -0.1) is 0 Å². The number of aromatic hydroxyl groups is 1. The number of phenols is 1. The standard InChI is InChI=1S/C58H80N16O14/c1-30(2)22-42(51(82)66-40(16-11-21-63-57(61)62-5)50(81)67-41(49(60)80)25-35-28-64-39-15-10-9-14-38(35)39)70-58(88)73-72-53(84)43(23-33-12-7-6-8-13-33)69-55(86)48(31(3)75)71-52(83)44(27-47(59)79)68-54(85)46-26-37(78)29-74(46)56(87)45(65-32(4)76)24-34-17-19-36(77)20-18-34/h6-10,12-15,17-20,28,30-31,37,40-46,48,64,75,77-78H,11,16,21-27,29H2,1-5H3,(H2,59,79)(H2,60,80)(H,65,76)(H,66,82)(H,67,81)(H,68,85)(H,69,86)(H,71,83)(H,72,84)(H3,61,62,63)(H2,70,73,88)/t31-,37-,40+,41+,42+,43-,44+,45-,46+,48+/m1/s1. The number of primary amides is 2. The number of hydrogen-bond donors (Lipinski definition) is 18. The summed E-state index contributed by atoms with van der Waals surface area (Å²) in [5, 5.41) is 62.9. The van der Waals surface area contributed by atoms with E-state index in [9.17, 15) is 68.1 Å². The Balaban J connectivity index is 1.27. The maximum absolute atomic E-state index is 14.1. The third-order valence-electron chi connectivity index (χ3n) is 14.2. The highest BCUT2D eigenvalue weighted by Gasteiger charge is 2.43. The molecular weight excluding hydrogens is 1140 g/mol. The molecule has 0 radical (unpaired) electrons. The second-order valence-electron chi connectivity index (χ2n) is 21.8. The van der Waals surface area contributed by atoms with Crippen LogP contribution in [0.4, 0.5) is 4.79 Å². The molecule has 30 heteroatoms. The summed E-state index contributed by atoms with van der Waals surface area (Å²) < 4.78 is 0. The molecule has 0 unspecified atom stereocenters. The van der Waals surface area contributed by atoms with Crippen molar-refractivity contribution in [3.63, 3.8) is 0 Å². The number of fused-ring (bicyclic) bond motifs is 1. The van der Waals surface area contributed by atoms with Crippen LogP contribution in [-0.2, 0) is 67.2 Å². The molecule has 1 aliphatic rings. The number of carbonyl (C=O) groups is 11. The lowest BCUT2D eigenvalue weighted by Gasteiger charge is -2.30. The molecule has 4 aromatic rings. The summed E-state index contributed by atoms with van der Waals surface area (Å²) in [6, 6.07) is 8.39. The van der Waals surface area contributed by atoms with E-state index in [0.29, 0.717) is 16.7 Å². The van der Waals surface area contributed by atoms with E-state index < -0.39 is 132 Å². The molecule has 10 atom stereocenters. The summed E-state index contributed by atoms with van der Waals surface area (Å²) in [7, 11) is 1.54. The molecule has 476 valence electrons. The summed E-state index contributed by atoms with van der Waals surface area (Å²) in [5.74, 6) is -9.62. The topological polar surface area (TPSA) is 476 Å². The van der Waals surface area contributed by atoms with Crippen molar-refractivity contribution in [3.05, 3.63) is 102 Å². The second kappa shape index (κ2) is 33.2. The van der Waals surface area contributed by atoms with Crippen molar-refractivity contribution in [3.8, 4) is 5.75 Å². The smallest absolute Gasteiger partial charge is 0.334 e. The van der Waals surface area contributed by atoms with Gasteiger partial charge < -0.3 is 84.5 Å². The average Bonchev–Trinajstić information content (AvgIpc) is 2.76. The number of carbonyl (C=O) groups excluding carboxylic acids is 11. The Kier molecular flexibility index (Phi) is 26.0. The molecule has 0 saturated carbocycles. The third kappa shape index (κ3) is 21.3. The van der Waals surface area contributed by atoms with Crippen LogP contribution in [0.2, 0.25) is 0 Å². The van der Waals surface area contributed by atoms with Crippen LogP contribution >= 0.6 is 0 Å². The third-order valence-corrected chi connectivity index (χ3v) is 14.2. The van der Waals surface area contributed by atoms with Gasteiger partial charge in [0.25, 0.3) is 5.91 Å². The van der Waals surface area contributed by atoms with Gasteiger partial charge in [-0.05, 0) is 67.0 Å². The predicted molar refractivity (Wildman–Crippen MR) is 319 cm³/mol. The van der Waals surface area contributed by atoms with E-state index in [0.717, 1.165) is 22.7 Å². The molecule has 1 aromatic heterocycles. The highest BCUT2D eigenvalue weighted by Crippen LogP contribution is 2.23. The fraction of sp³-hybridized carbons (Fsp3) is 0.448. The molecule has 88 heavy (non-hydrogen) atoms. The van der Waals surface area contributed by atoms with Crippen LogP contribution in [0.15, 0.2) is 85.1 Å². The second-order valence-corrected chi connectivity index (χ2v) is 21.8. The molecule has 20 N–H and O–H groups in total. The minimum atomic E-state index is -1.90. The maximum atomic E-state index is 14.1. The van der Waals surface area contributed by atoms with E-state index in [1.54, 1.807) is 50.4 Å². The minimum Gasteiger partial charge on any atom is -0.508 e. The number of phenolic OH excluding ortho intramolecular Hbond substituents is 1. The summed E-state index contributed by atoms with van der Waals surface area (Å²) in [4.78, 5) is 153. The lowest BCUT2D eigenvalue weighted by atomic mass is 10.0. The average molecular weight is 1230 g/mol. The van der Waals surface area contributed by atoms with Crippen molar-refractivity contribution in [1.29, 1.82) is 5.41 Å². The summed E-state index contributed by atoms with van der Waals surface area (Å²) >= 11 is 0. The molecule has 12 amide bonds. The number of likely N-dealkylation sites (tertiary alicyclic amines) is 1. The van der Waals surface area contributed by atoms with E-state index >= 15 is 0 Å². The van der Waals surface area contributed by atoms with Crippen molar-refractivity contribution in [2.24, 2.45) is 17.4 Å².